The molecule has 1 aliphatic carbocycles. The molecule has 8 nitrogen and oxygen atoms in total. The molecule has 1 amide bonds. The molecule has 2 atom stereocenters. The van der Waals surface area contributed by atoms with Gasteiger partial charge < -0.3 is 30.0 Å². The van der Waals surface area contributed by atoms with Gasteiger partial charge in [-0.1, -0.05) is 18.2 Å². The van der Waals surface area contributed by atoms with Gasteiger partial charge >= 0.3 is 0 Å². The quantitative estimate of drug-likeness (QED) is 0.368. The van der Waals surface area contributed by atoms with Crippen LogP contribution in [0.15, 0.2) is 89.3 Å². The third kappa shape index (κ3) is 5.12. The summed E-state index contributed by atoms with van der Waals surface area (Å²) < 4.78 is 16.1. The molecule has 3 aromatic rings. The van der Waals surface area contributed by atoms with Crippen molar-refractivity contribution in [3.63, 3.8) is 0 Å². The number of phenolic OH excluding ortho intramolecular Hbond substituents is 1. The highest BCUT2D eigenvalue weighted by Gasteiger charge is 2.41. The number of hydrogen-bond acceptors (Lipinski definition) is 7. The zero-order valence-corrected chi connectivity index (χ0v) is 22.9. The van der Waals surface area contributed by atoms with Crippen LogP contribution in [0.3, 0.4) is 0 Å². The molecule has 0 aromatic heterocycles. The van der Waals surface area contributed by atoms with Crippen molar-refractivity contribution in [2.24, 2.45) is 0 Å². The normalized spacial score (nSPS) is 18.6. The molecule has 2 aliphatic rings. The van der Waals surface area contributed by atoms with Gasteiger partial charge in [0, 0.05) is 40.6 Å². The summed E-state index contributed by atoms with van der Waals surface area (Å²) in [6, 6.07) is 19.5. The van der Waals surface area contributed by atoms with E-state index in [9.17, 15) is 14.7 Å². The van der Waals surface area contributed by atoms with Gasteiger partial charge in [0.2, 0.25) is 0 Å². The smallest absolute Gasteiger partial charge is 0.254 e. The molecule has 0 saturated heterocycles. The van der Waals surface area contributed by atoms with Gasteiger partial charge in [-0.25, -0.2) is 0 Å². The fourth-order valence-corrected chi connectivity index (χ4v) is 5.59. The second-order valence-electron chi connectivity index (χ2n) is 9.91. The Balaban J connectivity index is 1.53. The lowest BCUT2D eigenvalue weighted by Gasteiger charge is -2.37. The molecule has 3 N–H and O–H groups in total. The fourth-order valence-electron chi connectivity index (χ4n) is 5.59. The molecule has 0 saturated carbocycles. The molecule has 8 heteroatoms. The van der Waals surface area contributed by atoms with Gasteiger partial charge in [-0.05, 0) is 78.9 Å². The van der Waals surface area contributed by atoms with E-state index >= 15 is 0 Å². The van der Waals surface area contributed by atoms with E-state index in [2.05, 4.69) is 10.6 Å². The van der Waals surface area contributed by atoms with Crippen LogP contribution >= 0.6 is 0 Å². The Kier molecular flexibility index (Phi) is 7.51. The topological polar surface area (TPSA) is 106 Å². The third-order valence-corrected chi connectivity index (χ3v) is 7.50. The number of carbonyl (C=O) groups excluding carboxylic acids is 2. The Morgan fingerprint density at radius 2 is 1.65 bits per heavy atom. The van der Waals surface area contributed by atoms with Crippen LogP contribution in [0.25, 0.3) is 0 Å². The van der Waals surface area contributed by atoms with Crippen molar-refractivity contribution in [2.75, 3.05) is 26.6 Å². The lowest BCUT2D eigenvalue weighted by Crippen LogP contribution is -2.37. The Labute approximate surface area is 233 Å². The number of ether oxygens (including phenoxy) is 3. The second-order valence-corrected chi connectivity index (χ2v) is 9.91. The lowest BCUT2D eigenvalue weighted by molar-refractivity contribution is -0.116. The van der Waals surface area contributed by atoms with Crippen LogP contribution in [0.4, 0.5) is 5.69 Å². The van der Waals surface area contributed by atoms with Crippen LogP contribution in [0.1, 0.15) is 42.7 Å². The Morgan fingerprint density at radius 3 is 2.33 bits per heavy atom. The molecule has 0 spiro atoms. The molecule has 0 fully saturated rings. The van der Waals surface area contributed by atoms with Gasteiger partial charge in [-0.15, -0.1) is 0 Å². The number of carbonyl (C=O) groups is 2. The standard InChI is InChI=1S/C32H32N2O6/c1-18-29(32(37)34-22-9-11-24(38-2)12-10-22)30(20-6-5-7-23(35)14-20)31-25(33-18)15-21(16-26(31)36)19-8-13-27(39-3)28(17-19)40-4/h5-14,17,21,30,33,35H,15-16H2,1-4H3,(H,34,37)/t21-,30+/m1/s1. The maximum atomic E-state index is 13.9. The first-order valence-electron chi connectivity index (χ1n) is 13.0. The predicted octanol–water partition coefficient (Wildman–Crippen LogP) is 5.42. The average Bonchev–Trinajstić information content (AvgIpc) is 2.96. The second kappa shape index (κ2) is 11.2. The summed E-state index contributed by atoms with van der Waals surface area (Å²) in [5.74, 6) is 0.879. The lowest BCUT2D eigenvalue weighted by atomic mass is 9.71. The number of ketones is 1. The highest BCUT2D eigenvalue weighted by atomic mass is 16.5. The predicted molar refractivity (Wildman–Crippen MR) is 152 cm³/mol. The van der Waals surface area contributed by atoms with Crippen LogP contribution in [0.5, 0.6) is 23.0 Å². The summed E-state index contributed by atoms with van der Waals surface area (Å²) in [6.45, 7) is 1.84. The molecule has 206 valence electrons. The number of anilines is 1. The highest BCUT2D eigenvalue weighted by molar-refractivity contribution is 6.10. The number of aromatic hydroxyl groups is 1. The Hall–Kier alpha value is -4.72. The van der Waals surface area contributed by atoms with Crippen molar-refractivity contribution in [3.8, 4) is 23.0 Å². The summed E-state index contributed by atoms with van der Waals surface area (Å²) in [6.07, 6.45) is 0.855. The fraction of sp³-hybridized carbons (Fsp3) is 0.250. The van der Waals surface area contributed by atoms with E-state index in [0.717, 1.165) is 11.3 Å². The largest absolute Gasteiger partial charge is 0.508 e. The molecule has 1 aliphatic heterocycles. The van der Waals surface area contributed by atoms with Crippen molar-refractivity contribution in [1.29, 1.82) is 0 Å². The van der Waals surface area contributed by atoms with E-state index in [-0.39, 0.29) is 29.8 Å². The summed E-state index contributed by atoms with van der Waals surface area (Å²) in [7, 11) is 4.75. The molecule has 40 heavy (non-hydrogen) atoms. The van der Waals surface area contributed by atoms with Gasteiger partial charge in [-0.2, -0.15) is 0 Å². The summed E-state index contributed by atoms with van der Waals surface area (Å²) >= 11 is 0. The maximum absolute atomic E-state index is 13.9. The van der Waals surface area contributed by atoms with Crippen LogP contribution < -0.4 is 24.8 Å². The van der Waals surface area contributed by atoms with E-state index < -0.39 is 5.92 Å². The highest BCUT2D eigenvalue weighted by Crippen LogP contribution is 2.46. The molecule has 5 rings (SSSR count). The minimum absolute atomic E-state index is 0.0517. The van der Waals surface area contributed by atoms with Crippen LogP contribution in [-0.2, 0) is 9.59 Å². The van der Waals surface area contributed by atoms with Crippen LogP contribution in [0, 0.1) is 0 Å². The molecule has 0 bridgehead atoms. The summed E-state index contributed by atoms with van der Waals surface area (Å²) in [5, 5.41) is 16.6. The van der Waals surface area contributed by atoms with Gasteiger partial charge in [0.25, 0.3) is 5.91 Å². The number of benzene rings is 3. The number of methoxy groups -OCH3 is 3. The zero-order valence-electron chi connectivity index (χ0n) is 22.9. The number of hydrogen-bond donors (Lipinski definition) is 3. The van der Waals surface area contributed by atoms with Gasteiger partial charge in [0.15, 0.2) is 17.3 Å². The first kappa shape index (κ1) is 26.9. The van der Waals surface area contributed by atoms with E-state index in [1.807, 2.05) is 31.2 Å². The van der Waals surface area contributed by atoms with Crippen molar-refractivity contribution >= 4 is 17.4 Å². The first-order chi connectivity index (χ1) is 19.3. The van der Waals surface area contributed by atoms with E-state index in [1.54, 1.807) is 63.8 Å². The zero-order chi connectivity index (χ0) is 28.4. The van der Waals surface area contributed by atoms with Crippen molar-refractivity contribution < 1.29 is 28.9 Å². The van der Waals surface area contributed by atoms with Crippen molar-refractivity contribution in [2.45, 2.75) is 31.6 Å². The molecule has 1 heterocycles. The average molecular weight is 541 g/mol. The number of nitrogens with one attached hydrogen (secondary N) is 2. The third-order valence-electron chi connectivity index (χ3n) is 7.50. The summed E-state index contributed by atoms with van der Waals surface area (Å²) in [5.41, 5.74) is 4.65. The minimum atomic E-state index is -0.638. The molecule has 3 aromatic carbocycles. The van der Waals surface area contributed by atoms with Crippen LogP contribution in [0.2, 0.25) is 0 Å². The Morgan fingerprint density at radius 1 is 0.900 bits per heavy atom. The minimum Gasteiger partial charge on any atom is -0.508 e. The molecular formula is C32H32N2O6. The number of amides is 1. The number of Topliss-reactive ketones (excluding diaryl/α,β-unsaturated/α-hetero) is 1. The molecule has 0 radical (unpaired) electrons. The van der Waals surface area contributed by atoms with Gasteiger partial charge in [-0.3, -0.25) is 9.59 Å². The van der Waals surface area contributed by atoms with E-state index in [0.29, 0.717) is 51.8 Å². The first-order valence-corrected chi connectivity index (χ1v) is 13.0. The monoisotopic (exact) mass is 540 g/mol. The van der Waals surface area contributed by atoms with Gasteiger partial charge in [0.05, 0.1) is 21.3 Å². The van der Waals surface area contributed by atoms with Crippen molar-refractivity contribution in [3.05, 3.63) is 100 Å². The molecule has 0 unspecified atom stereocenters. The Bertz CT molecular complexity index is 1520. The van der Waals surface area contributed by atoms with Crippen molar-refractivity contribution in [1.82, 2.24) is 5.32 Å². The van der Waals surface area contributed by atoms with E-state index in [1.165, 1.54) is 0 Å². The number of dihydropyridines is 1. The van der Waals surface area contributed by atoms with Crippen LogP contribution in [-0.4, -0.2) is 38.1 Å². The SMILES string of the molecule is COc1ccc(NC(=O)C2=C(C)NC3=C(C(=O)C[C@H](c4ccc(OC)c(OC)c4)C3)[C@H]2c2cccc(O)c2)cc1. The number of phenols is 1. The van der Waals surface area contributed by atoms with E-state index in [4.69, 9.17) is 14.2 Å². The summed E-state index contributed by atoms with van der Waals surface area (Å²) in [4.78, 5) is 27.6. The molecular weight excluding hydrogens is 508 g/mol. The maximum Gasteiger partial charge on any atom is 0.254 e. The number of rotatable bonds is 7. The van der Waals surface area contributed by atoms with Gasteiger partial charge in [0.1, 0.15) is 11.5 Å². The number of allylic oxidation sites excluding steroid dienone is 3.